The van der Waals surface area contributed by atoms with Crippen molar-refractivity contribution in [1.82, 2.24) is 9.78 Å². The van der Waals surface area contributed by atoms with Crippen molar-refractivity contribution in [2.75, 3.05) is 11.9 Å². The molecular formula is C14H13BrF2N4O4. The Balaban J connectivity index is 2.29. The minimum absolute atomic E-state index is 0.0409. The summed E-state index contributed by atoms with van der Waals surface area (Å²) in [6, 6.07) is 3.34. The molecule has 11 heteroatoms. The normalized spacial score (nSPS) is 10.8. The van der Waals surface area contributed by atoms with Gasteiger partial charge in [-0.1, -0.05) is 0 Å². The van der Waals surface area contributed by atoms with Gasteiger partial charge in [0, 0.05) is 18.7 Å². The van der Waals surface area contributed by atoms with Crippen molar-refractivity contribution < 1.29 is 23.2 Å². The van der Waals surface area contributed by atoms with Crippen LogP contribution in [0.5, 0.6) is 5.75 Å². The molecule has 0 fully saturated rings. The Morgan fingerprint density at radius 1 is 1.48 bits per heavy atom. The van der Waals surface area contributed by atoms with E-state index in [1.165, 1.54) is 16.9 Å². The molecule has 0 aliphatic carbocycles. The second-order valence-corrected chi connectivity index (χ2v) is 5.64. The number of hydrogen-bond donors (Lipinski definition) is 1. The van der Waals surface area contributed by atoms with Crippen LogP contribution in [0, 0.1) is 10.1 Å². The van der Waals surface area contributed by atoms with E-state index in [4.69, 9.17) is 4.74 Å². The first kappa shape index (κ1) is 18.8. The molecule has 2 rings (SSSR count). The van der Waals surface area contributed by atoms with Crippen molar-refractivity contribution >= 4 is 33.2 Å². The van der Waals surface area contributed by atoms with E-state index < -0.39 is 29.6 Å². The van der Waals surface area contributed by atoms with Gasteiger partial charge in [0.25, 0.3) is 18.0 Å². The van der Waals surface area contributed by atoms with Gasteiger partial charge >= 0.3 is 0 Å². The number of benzene rings is 1. The Morgan fingerprint density at radius 3 is 2.80 bits per heavy atom. The highest BCUT2D eigenvalue weighted by Gasteiger charge is 2.19. The zero-order chi connectivity index (χ0) is 18.6. The second kappa shape index (κ2) is 8.01. The molecule has 0 bridgehead atoms. The number of non-ortho nitro benzene ring substituents is 1. The van der Waals surface area contributed by atoms with Crippen LogP contribution in [0.2, 0.25) is 0 Å². The van der Waals surface area contributed by atoms with Gasteiger partial charge in [-0.15, -0.1) is 0 Å². The lowest BCUT2D eigenvalue weighted by Gasteiger charge is -2.10. The lowest BCUT2D eigenvalue weighted by Crippen LogP contribution is -2.18. The van der Waals surface area contributed by atoms with Crippen molar-refractivity contribution in [3.63, 3.8) is 0 Å². The van der Waals surface area contributed by atoms with Crippen LogP contribution in [-0.4, -0.2) is 33.6 Å². The summed E-state index contributed by atoms with van der Waals surface area (Å²) in [5.41, 5.74) is -0.131. The number of anilines is 1. The second-order valence-electron chi connectivity index (χ2n) is 4.79. The van der Waals surface area contributed by atoms with E-state index >= 15 is 0 Å². The quantitative estimate of drug-likeness (QED) is 0.548. The summed E-state index contributed by atoms with van der Waals surface area (Å²) in [4.78, 5) is 22.7. The van der Waals surface area contributed by atoms with Gasteiger partial charge in [-0.3, -0.25) is 19.6 Å². The Kier molecular flexibility index (Phi) is 6.02. The fraction of sp³-hybridized carbons (Fsp3) is 0.286. The van der Waals surface area contributed by atoms with Crippen LogP contribution in [0.3, 0.4) is 0 Å². The number of ether oxygens (including phenoxy) is 1. The monoisotopic (exact) mass is 418 g/mol. The van der Waals surface area contributed by atoms with Crippen LogP contribution in [0.4, 0.5) is 20.2 Å². The molecule has 25 heavy (non-hydrogen) atoms. The highest BCUT2D eigenvalue weighted by molar-refractivity contribution is 9.10. The predicted octanol–water partition coefficient (Wildman–Crippen LogP) is 3.47. The molecule has 0 saturated heterocycles. The molecule has 1 aromatic heterocycles. The van der Waals surface area contributed by atoms with Gasteiger partial charge < -0.3 is 10.1 Å². The Labute approximate surface area is 149 Å². The van der Waals surface area contributed by atoms with Crippen LogP contribution in [-0.2, 0) is 6.54 Å². The number of nitro benzene ring substituents is 1. The maximum Gasteiger partial charge on any atom is 0.275 e. The number of nitrogens with zero attached hydrogens (tertiary/aromatic N) is 3. The van der Waals surface area contributed by atoms with Gasteiger partial charge in [0.15, 0.2) is 0 Å². The summed E-state index contributed by atoms with van der Waals surface area (Å²) in [7, 11) is 0. The number of nitrogens with one attached hydrogen (secondary N) is 1. The molecule has 0 aliphatic rings. The number of alkyl halides is 2. The predicted molar refractivity (Wildman–Crippen MR) is 88.1 cm³/mol. The molecule has 0 radical (unpaired) electrons. The van der Waals surface area contributed by atoms with Gasteiger partial charge in [0.1, 0.15) is 18.1 Å². The maximum absolute atomic E-state index is 12.4. The summed E-state index contributed by atoms with van der Waals surface area (Å²) >= 11 is 3.20. The molecule has 1 aromatic carbocycles. The van der Waals surface area contributed by atoms with Crippen LogP contribution in [0.25, 0.3) is 0 Å². The molecular weight excluding hydrogens is 406 g/mol. The number of nitro groups is 1. The van der Waals surface area contributed by atoms with Crippen molar-refractivity contribution in [1.29, 1.82) is 0 Å². The standard InChI is InChI=1S/C14H13BrF2N4O4/c1-2-20-13(11(15)6-18-20)14(22)19-8-3-9(21(23)24)5-10(4-8)25-7-12(16)17/h3-6,12H,2,7H2,1H3,(H,19,22). The first-order valence-corrected chi connectivity index (χ1v) is 7.84. The summed E-state index contributed by atoms with van der Waals surface area (Å²) in [5, 5.41) is 17.5. The molecule has 0 atom stereocenters. The number of aryl methyl sites for hydroxylation is 1. The number of carbonyl (C=O) groups excluding carboxylic acids is 1. The Bertz CT molecular complexity index is 797. The van der Waals surface area contributed by atoms with Crippen LogP contribution >= 0.6 is 15.9 Å². The molecule has 0 saturated carbocycles. The highest BCUT2D eigenvalue weighted by Crippen LogP contribution is 2.27. The van der Waals surface area contributed by atoms with Crippen molar-refractivity contribution in [2.45, 2.75) is 19.9 Å². The number of carbonyl (C=O) groups is 1. The number of amides is 1. The molecule has 0 unspecified atom stereocenters. The Hall–Kier alpha value is -2.56. The Morgan fingerprint density at radius 2 is 2.20 bits per heavy atom. The van der Waals surface area contributed by atoms with Gasteiger partial charge in [0.05, 0.1) is 27.3 Å². The highest BCUT2D eigenvalue weighted by atomic mass is 79.9. The van der Waals surface area contributed by atoms with Crippen LogP contribution in [0.1, 0.15) is 17.4 Å². The summed E-state index contributed by atoms with van der Waals surface area (Å²) < 4.78 is 31.2. The third kappa shape index (κ3) is 4.72. The van der Waals surface area contributed by atoms with E-state index in [2.05, 4.69) is 26.3 Å². The average Bonchev–Trinajstić information content (AvgIpc) is 2.93. The largest absolute Gasteiger partial charge is 0.487 e. The number of rotatable bonds is 7. The van der Waals surface area contributed by atoms with Crippen molar-refractivity contribution in [3.05, 3.63) is 44.7 Å². The van der Waals surface area contributed by atoms with E-state index in [-0.39, 0.29) is 17.1 Å². The molecule has 0 spiro atoms. The number of hydrogen-bond acceptors (Lipinski definition) is 5. The molecule has 1 N–H and O–H groups in total. The number of aromatic nitrogens is 2. The summed E-state index contributed by atoms with van der Waals surface area (Å²) in [5.74, 6) is -0.709. The van der Waals surface area contributed by atoms with E-state index in [1.54, 1.807) is 6.92 Å². The third-order valence-corrected chi connectivity index (χ3v) is 3.63. The first-order chi connectivity index (χ1) is 11.8. The molecule has 1 heterocycles. The lowest BCUT2D eigenvalue weighted by molar-refractivity contribution is -0.384. The third-order valence-electron chi connectivity index (χ3n) is 3.05. The van der Waals surface area contributed by atoms with Gasteiger partial charge in [-0.05, 0) is 22.9 Å². The van der Waals surface area contributed by atoms with Gasteiger partial charge in [-0.25, -0.2) is 8.78 Å². The first-order valence-electron chi connectivity index (χ1n) is 7.05. The fourth-order valence-electron chi connectivity index (χ4n) is 2.02. The van der Waals surface area contributed by atoms with E-state index in [1.807, 2.05) is 0 Å². The minimum Gasteiger partial charge on any atom is -0.487 e. The zero-order valence-corrected chi connectivity index (χ0v) is 14.5. The van der Waals surface area contributed by atoms with Gasteiger partial charge in [-0.2, -0.15) is 5.10 Å². The van der Waals surface area contributed by atoms with Crippen molar-refractivity contribution in [3.8, 4) is 5.75 Å². The molecule has 134 valence electrons. The molecule has 0 aliphatic heterocycles. The van der Waals surface area contributed by atoms with Gasteiger partial charge in [0.2, 0.25) is 0 Å². The van der Waals surface area contributed by atoms with E-state index in [9.17, 15) is 23.7 Å². The maximum atomic E-state index is 12.4. The molecule has 8 nitrogen and oxygen atoms in total. The molecule has 2 aromatic rings. The van der Waals surface area contributed by atoms with Crippen LogP contribution in [0.15, 0.2) is 28.9 Å². The molecule has 1 amide bonds. The average molecular weight is 419 g/mol. The number of halogens is 3. The minimum atomic E-state index is -2.73. The van der Waals surface area contributed by atoms with E-state index in [0.29, 0.717) is 11.0 Å². The van der Waals surface area contributed by atoms with E-state index in [0.717, 1.165) is 12.1 Å². The van der Waals surface area contributed by atoms with Crippen LogP contribution < -0.4 is 10.1 Å². The summed E-state index contributed by atoms with van der Waals surface area (Å²) in [6.45, 7) is 1.31. The zero-order valence-electron chi connectivity index (χ0n) is 12.9. The smallest absolute Gasteiger partial charge is 0.275 e. The summed E-state index contributed by atoms with van der Waals surface area (Å²) in [6.07, 6.45) is -1.28. The fourth-order valence-corrected chi connectivity index (χ4v) is 2.50. The topological polar surface area (TPSA) is 99.3 Å². The van der Waals surface area contributed by atoms with Crippen molar-refractivity contribution in [2.24, 2.45) is 0 Å². The SMILES string of the molecule is CCn1ncc(Br)c1C(=O)Nc1cc(OCC(F)F)cc([N+](=O)[O-])c1. The lowest BCUT2D eigenvalue weighted by atomic mass is 10.2.